The minimum atomic E-state index is -0.254. The second kappa shape index (κ2) is 12.3. The smallest absolute Gasteiger partial charge is 0.0542 e. The van der Waals surface area contributed by atoms with E-state index in [0.29, 0.717) is 0 Å². The summed E-state index contributed by atoms with van der Waals surface area (Å²) in [7, 11) is 0. The van der Waals surface area contributed by atoms with Gasteiger partial charge in [0.25, 0.3) is 0 Å². The monoisotopic (exact) mass is 733 g/mol. The second-order valence-corrected chi connectivity index (χ2v) is 16.6. The molecule has 1 aliphatic heterocycles. The Morgan fingerprint density at radius 2 is 0.947 bits per heavy atom. The Bertz CT molecular complexity index is 3020. The molecule has 3 heteroatoms. The summed E-state index contributed by atoms with van der Waals surface area (Å²) in [6, 6.07) is 69.3. The van der Waals surface area contributed by atoms with Crippen molar-refractivity contribution >= 4 is 55.9 Å². The van der Waals surface area contributed by atoms with Gasteiger partial charge in [-0.05, 0) is 118 Å². The molecule has 0 amide bonds. The van der Waals surface area contributed by atoms with Gasteiger partial charge in [-0.2, -0.15) is 0 Å². The van der Waals surface area contributed by atoms with Crippen LogP contribution in [0.15, 0.2) is 188 Å². The highest BCUT2D eigenvalue weighted by molar-refractivity contribution is 6.11. The Kier molecular flexibility index (Phi) is 7.25. The molecule has 2 heterocycles. The van der Waals surface area contributed by atoms with Gasteiger partial charge < -0.3 is 14.4 Å². The average Bonchev–Trinajstić information content (AvgIpc) is 3.70. The lowest BCUT2D eigenvalue weighted by Gasteiger charge is -2.42. The van der Waals surface area contributed by atoms with E-state index >= 15 is 0 Å². The number of hydrogen-bond donors (Lipinski definition) is 0. The molecule has 0 unspecified atom stereocenters. The summed E-state index contributed by atoms with van der Waals surface area (Å²) in [5.41, 5.74) is 18.3. The number of nitrogens with zero attached hydrogens (tertiary/aromatic N) is 3. The van der Waals surface area contributed by atoms with Gasteiger partial charge in [0.05, 0.1) is 22.4 Å². The maximum Gasteiger partial charge on any atom is 0.0542 e. The highest BCUT2D eigenvalue weighted by Crippen LogP contribution is 2.55. The van der Waals surface area contributed by atoms with Gasteiger partial charge in [-0.1, -0.05) is 131 Å². The zero-order valence-electron chi connectivity index (χ0n) is 32.7. The van der Waals surface area contributed by atoms with E-state index in [-0.39, 0.29) is 10.8 Å². The third-order valence-electron chi connectivity index (χ3n) is 12.7. The fourth-order valence-electron chi connectivity index (χ4n) is 9.92. The summed E-state index contributed by atoms with van der Waals surface area (Å²) in [6.45, 7) is 9.48. The number of hydrogen-bond acceptors (Lipinski definition) is 2. The molecule has 1 aromatic heterocycles. The summed E-state index contributed by atoms with van der Waals surface area (Å²) in [5.74, 6) is 0. The van der Waals surface area contributed by atoms with E-state index in [1.807, 2.05) is 0 Å². The standard InChI is InChI=1S/C54H43N3/c1-53(2)45-23-13-11-21-41(45)42-30-27-39(34-47(42)53)55(36-17-7-5-8-18-36)40-29-32-52-48(35-40)54(3,4)46-24-14-16-26-51(46)57(52)38-28-31-50-44(33-38)43-22-12-15-25-49(43)56(50)37-19-9-6-10-20-37/h5-35H,1-4H3. The van der Waals surface area contributed by atoms with Crippen molar-refractivity contribution in [3.63, 3.8) is 0 Å². The number of aromatic nitrogens is 1. The number of fused-ring (bicyclic) bond motifs is 8. The SMILES string of the molecule is CC1(C)c2ccccc2-c2ccc(N(c3ccccc3)c3ccc4c(c3)C(C)(C)c3ccccc3N4c3ccc4c(c3)c3ccccc3n4-c3ccccc3)cc21. The van der Waals surface area contributed by atoms with Crippen LogP contribution in [0.3, 0.4) is 0 Å². The van der Waals surface area contributed by atoms with Gasteiger partial charge in [0.15, 0.2) is 0 Å². The van der Waals surface area contributed by atoms with E-state index in [1.165, 1.54) is 72.2 Å². The third kappa shape index (κ3) is 4.91. The molecular formula is C54H43N3. The lowest BCUT2D eigenvalue weighted by Crippen LogP contribution is -2.31. The molecule has 274 valence electrons. The molecule has 11 rings (SSSR count). The predicted octanol–water partition coefficient (Wildman–Crippen LogP) is 14.7. The van der Waals surface area contributed by atoms with E-state index in [0.717, 1.165) is 22.7 Å². The molecule has 9 aromatic rings. The van der Waals surface area contributed by atoms with Crippen LogP contribution in [0.5, 0.6) is 0 Å². The van der Waals surface area contributed by atoms with Gasteiger partial charge in [-0.15, -0.1) is 0 Å². The fraction of sp³-hybridized carbons (Fsp3) is 0.111. The van der Waals surface area contributed by atoms with Crippen LogP contribution in [-0.2, 0) is 10.8 Å². The lowest BCUT2D eigenvalue weighted by molar-refractivity contribution is 0.632. The first-order valence-corrected chi connectivity index (χ1v) is 20.0. The summed E-state index contributed by atoms with van der Waals surface area (Å²) < 4.78 is 2.39. The molecule has 57 heavy (non-hydrogen) atoms. The van der Waals surface area contributed by atoms with Crippen LogP contribution >= 0.6 is 0 Å². The Hall–Kier alpha value is -6.84. The Labute approximate surface area is 334 Å². The second-order valence-electron chi connectivity index (χ2n) is 16.6. The normalized spacial score (nSPS) is 14.6. The molecule has 2 aliphatic rings. The number of para-hydroxylation sites is 4. The topological polar surface area (TPSA) is 11.4 Å². The van der Waals surface area contributed by atoms with Gasteiger partial charge in [-0.25, -0.2) is 0 Å². The maximum absolute atomic E-state index is 2.48. The molecule has 0 radical (unpaired) electrons. The van der Waals surface area contributed by atoms with Crippen LogP contribution in [0.25, 0.3) is 38.6 Å². The molecule has 0 atom stereocenters. The average molecular weight is 734 g/mol. The molecule has 3 nitrogen and oxygen atoms in total. The van der Waals surface area contributed by atoms with Crippen molar-refractivity contribution in [3.05, 3.63) is 210 Å². The van der Waals surface area contributed by atoms with Crippen molar-refractivity contribution < 1.29 is 0 Å². The minimum absolute atomic E-state index is 0.0964. The summed E-state index contributed by atoms with van der Waals surface area (Å²) in [6.07, 6.45) is 0. The van der Waals surface area contributed by atoms with Crippen molar-refractivity contribution in [1.29, 1.82) is 0 Å². The lowest BCUT2D eigenvalue weighted by atomic mass is 9.73. The first kappa shape index (κ1) is 33.5. The van der Waals surface area contributed by atoms with Crippen molar-refractivity contribution in [2.75, 3.05) is 9.80 Å². The molecular weight excluding hydrogens is 691 g/mol. The van der Waals surface area contributed by atoms with E-state index in [4.69, 9.17) is 0 Å². The number of benzene rings is 8. The van der Waals surface area contributed by atoms with Crippen LogP contribution in [0.2, 0.25) is 0 Å². The summed E-state index contributed by atoms with van der Waals surface area (Å²) in [4.78, 5) is 4.92. The van der Waals surface area contributed by atoms with E-state index < -0.39 is 0 Å². The number of rotatable bonds is 5. The fourth-order valence-corrected chi connectivity index (χ4v) is 9.92. The third-order valence-corrected chi connectivity index (χ3v) is 12.7. The van der Waals surface area contributed by atoms with Crippen LogP contribution in [-0.4, -0.2) is 4.57 Å². The first-order valence-electron chi connectivity index (χ1n) is 20.0. The van der Waals surface area contributed by atoms with Gasteiger partial charge in [-0.3, -0.25) is 0 Å². The predicted molar refractivity (Wildman–Crippen MR) is 240 cm³/mol. The van der Waals surface area contributed by atoms with Gasteiger partial charge in [0.2, 0.25) is 0 Å². The van der Waals surface area contributed by atoms with Crippen LogP contribution in [0.4, 0.5) is 34.1 Å². The number of anilines is 6. The molecule has 0 bridgehead atoms. The van der Waals surface area contributed by atoms with Crippen LogP contribution in [0, 0.1) is 0 Å². The van der Waals surface area contributed by atoms with Gasteiger partial charge in [0.1, 0.15) is 0 Å². The van der Waals surface area contributed by atoms with E-state index in [2.05, 4.69) is 230 Å². The molecule has 0 fully saturated rings. The maximum atomic E-state index is 2.48. The Balaban J connectivity index is 1.10. The minimum Gasteiger partial charge on any atom is -0.310 e. The van der Waals surface area contributed by atoms with Gasteiger partial charge >= 0.3 is 0 Å². The van der Waals surface area contributed by atoms with Crippen molar-refractivity contribution in [2.24, 2.45) is 0 Å². The van der Waals surface area contributed by atoms with Crippen molar-refractivity contribution in [2.45, 2.75) is 38.5 Å². The quantitative estimate of drug-likeness (QED) is 0.174. The van der Waals surface area contributed by atoms with E-state index in [1.54, 1.807) is 0 Å². The molecule has 0 saturated carbocycles. The van der Waals surface area contributed by atoms with E-state index in [9.17, 15) is 0 Å². The van der Waals surface area contributed by atoms with Crippen molar-refractivity contribution in [1.82, 2.24) is 4.57 Å². The zero-order chi connectivity index (χ0) is 38.5. The summed E-state index contributed by atoms with van der Waals surface area (Å²) >= 11 is 0. The zero-order valence-corrected chi connectivity index (χ0v) is 32.7. The molecule has 0 N–H and O–H groups in total. The Morgan fingerprint density at radius 3 is 1.75 bits per heavy atom. The largest absolute Gasteiger partial charge is 0.310 e. The highest BCUT2D eigenvalue weighted by atomic mass is 15.2. The molecule has 0 spiro atoms. The highest BCUT2D eigenvalue weighted by Gasteiger charge is 2.39. The van der Waals surface area contributed by atoms with Gasteiger partial charge in [0, 0.05) is 50.0 Å². The van der Waals surface area contributed by atoms with Crippen LogP contribution in [0.1, 0.15) is 49.9 Å². The first-order chi connectivity index (χ1) is 27.8. The molecule has 0 saturated heterocycles. The molecule has 1 aliphatic carbocycles. The van der Waals surface area contributed by atoms with Crippen LogP contribution < -0.4 is 9.80 Å². The Morgan fingerprint density at radius 1 is 0.368 bits per heavy atom. The van der Waals surface area contributed by atoms with Crippen molar-refractivity contribution in [3.8, 4) is 16.8 Å². The summed E-state index contributed by atoms with van der Waals surface area (Å²) in [5, 5.41) is 2.49. The molecule has 8 aromatic carbocycles.